The van der Waals surface area contributed by atoms with E-state index >= 15 is 0 Å². The molecule has 1 heterocycles. The van der Waals surface area contributed by atoms with E-state index in [9.17, 15) is 19.2 Å². The fraction of sp³-hybridized carbons (Fsp3) is 0.0714. The van der Waals surface area contributed by atoms with E-state index < -0.39 is 5.97 Å². The van der Waals surface area contributed by atoms with E-state index in [0.29, 0.717) is 16.0 Å². The lowest BCUT2D eigenvalue weighted by Gasteiger charge is -2.12. The lowest BCUT2D eigenvalue weighted by Crippen LogP contribution is -2.27. The van der Waals surface area contributed by atoms with E-state index in [1.165, 1.54) is 18.1 Å². The van der Waals surface area contributed by atoms with Gasteiger partial charge in [-0.05, 0) is 77.0 Å². The summed E-state index contributed by atoms with van der Waals surface area (Å²) in [4.78, 5) is 50.7. The van der Waals surface area contributed by atoms with Gasteiger partial charge in [0.25, 0.3) is 11.1 Å². The molecule has 0 saturated carbocycles. The first-order valence-electron chi connectivity index (χ1n) is 10.8. The van der Waals surface area contributed by atoms with E-state index in [1.54, 1.807) is 48.6 Å². The van der Waals surface area contributed by atoms with Crippen molar-refractivity contribution in [1.29, 1.82) is 0 Å². The molecule has 2 amide bonds. The molecular weight excluding hydrogens is 542 g/mol. The summed E-state index contributed by atoms with van der Waals surface area (Å²) in [5, 5.41) is -0.352. The van der Waals surface area contributed by atoms with Crippen LogP contribution in [-0.4, -0.2) is 34.9 Å². The molecule has 0 radical (unpaired) electrons. The van der Waals surface area contributed by atoms with Gasteiger partial charge in [-0.15, -0.1) is 0 Å². The molecule has 1 aliphatic rings. The molecule has 0 atom stereocenters. The monoisotopic (exact) mass is 561 g/mol. The van der Waals surface area contributed by atoms with Crippen LogP contribution < -0.4 is 0 Å². The van der Waals surface area contributed by atoms with Crippen molar-refractivity contribution in [3.05, 3.63) is 116 Å². The maximum absolute atomic E-state index is 12.8. The number of amides is 2. The smallest absolute Gasteiger partial charge is 0.337 e. The van der Waals surface area contributed by atoms with Crippen molar-refractivity contribution >= 4 is 62.7 Å². The molecular formula is C28H20BrNO5S. The van der Waals surface area contributed by atoms with Crippen molar-refractivity contribution in [3.63, 3.8) is 0 Å². The van der Waals surface area contributed by atoms with Crippen LogP contribution in [0, 0.1) is 0 Å². The van der Waals surface area contributed by atoms with Crippen LogP contribution in [-0.2, 0) is 16.1 Å². The average Bonchev–Trinajstić information content (AvgIpc) is 3.15. The average molecular weight is 562 g/mol. The van der Waals surface area contributed by atoms with Crippen LogP contribution in [0.1, 0.15) is 37.4 Å². The van der Waals surface area contributed by atoms with Gasteiger partial charge in [-0.25, -0.2) is 4.79 Å². The second-order valence-electron chi connectivity index (χ2n) is 7.83. The highest BCUT2D eigenvalue weighted by molar-refractivity contribution is 9.10. The number of nitrogens with zero attached hydrogens (tertiary/aromatic N) is 1. The number of ketones is 1. The number of hydrogen-bond acceptors (Lipinski definition) is 6. The number of rotatable bonds is 7. The minimum Gasteiger partial charge on any atom is -0.465 e. The van der Waals surface area contributed by atoms with Crippen molar-refractivity contribution in [1.82, 2.24) is 4.90 Å². The van der Waals surface area contributed by atoms with Crippen molar-refractivity contribution < 1.29 is 23.9 Å². The Labute approximate surface area is 220 Å². The molecule has 36 heavy (non-hydrogen) atoms. The molecule has 1 fully saturated rings. The van der Waals surface area contributed by atoms with Crippen molar-refractivity contribution in [2.24, 2.45) is 0 Å². The third-order valence-corrected chi connectivity index (χ3v) is 6.82. The van der Waals surface area contributed by atoms with Gasteiger partial charge in [0.15, 0.2) is 5.78 Å². The Bertz CT molecular complexity index is 1380. The number of imide groups is 1. The lowest BCUT2D eigenvalue weighted by atomic mass is 10.1. The summed E-state index contributed by atoms with van der Waals surface area (Å²) in [6.45, 7) is 0.111. The topological polar surface area (TPSA) is 80.8 Å². The zero-order valence-corrected chi connectivity index (χ0v) is 21.5. The Morgan fingerprint density at radius 1 is 0.889 bits per heavy atom. The number of benzene rings is 3. The molecule has 180 valence electrons. The first kappa shape index (κ1) is 25.3. The number of esters is 1. The van der Waals surface area contributed by atoms with Crippen molar-refractivity contribution in [3.8, 4) is 0 Å². The molecule has 0 unspecified atom stereocenters. The Balaban J connectivity index is 1.40. The van der Waals surface area contributed by atoms with E-state index in [1.807, 2.05) is 36.4 Å². The summed E-state index contributed by atoms with van der Waals surface area (Å²) in [7, 11) is 1.30. The fourth-order valence-corrected chi connectivity index (χ4v) is 4.52. The largest absolute Gasteiger partial charge is 0.465 e. The molecule has 1 saturated heterocycles. The molecule has 6 nitrogen and oxygen atoms in total. The molecule has 0 bridgehead atoms. The van der Waals surface area contributed by atoms with Gasteiger partial charge in [0.2, 0.25) is 0 Å². The summed E-state index contributed by atoms with van der Waals surface area (Å²) in [6.07, 6.45) is 4.92. The normalized spacial score (nSPS) is 14.6. The second-order valence-corrected chi connectivity index (χ2v) is 9.74. The summed E-state index contributed by atoms with van der Waals surface area (Å²) in [5.74, 6) is -0.917. The number of methoxy groups -OCH3 is 1. The number of ether oxygens (including phenoxy) is 1. The van der Waals surface area contributed by atoms with Crippen LogP contribution in [0.25, 0.3) is 12.2 Å². The Morgan fingerprint density at radius 3 is 2.14 bits per heavy atom. The molecule has 0 aromatic heterocycles. The van der Waals surface area contributed by atoms with Gasteiger partial charge in [-0.3, -0.25) is 19.3 Å². The van der Waals surface area contributed by atoms with Gasteiger partial charge in [0.1, 0.15) is 0 Å². The molecule has 3 aromatic rings. The van der Waals surface area contributed by atoms with Gasteiger partial charge < -0.3 is 4.74 Å². The van der Waals surface area contributed by atoms with Crippen LogP contribution >= 0.6 is 27.7 Å². The SMILES string of the molecule is COC(=O)c1ccc(CN2C(=O)S/C(=C\c3ccc(/C=C/C(=O)c4ccc(Br)cc4)cc3)C2=O)cc1. The fourth-order valence-electron chi connectivity index (χ4n) is 3.42. The van der Waals surface area contributed by atoms with Gasteiger partial charge in [0, 0.05) is 10.0 Å². The van der Waals surface area contributed by atoms with Gasteiger partial charge in [-0.1, -0.05) is 58.4 Å². The van der Waals surface area contributed by atoms with E-state index in [0.717, 1.165) is 32.9 Å². The van der Waals surface area contributed by atoms with Gasteiger partial charge in [-0.2, -0.15) is 0 Å². The standard InChI is InChI=1S/C28H20BrNO5S/c1-35-27(33)22-9-6-20(7-10-22)17-30-26(32)25(36-28(30)34)16-19-4-2-18(3-5-19)8-15-24(31)21-11-13-23(29)14-12-21/h2-16H,17H2,1H3/b15-8+,25-16-. The van der Waals surface area contributed by atoms with Crippen molar-refractivity contribution in [2.45, 2.75) is 6.54 Å². The Morgan fingerprint density at radius 2 is 1.50 bits per heavy atom. The first-order chi connectivity index (χ1) is 17.3. The van der Waals surface area contributed by atoms with Gasteiger partial charge >= 0.3 is 5.97 Å². The molecule has 1 aliphatic heterocycles. The number of carbonyl (C=O) groups is 4. The number of carbonyl (C=O) groups excluding carboxylic acids is 4. The van der Waals surface area contributed by atoms with E-state index in [2.05, 4.69) is 20.7 Å². The van der Waals surface area contributed by atoms with Crippen LogP contribution in [0.15, 0.2) is 88.3 Å². The molecule has 4 rings (SSSR count). The highest BCUT2D eigenvalue weighted by Crippen LogP contribution is 2.33. The quantitative estimate of drug-likeness (QED) is 0.189. The zero-order valence-electron chi connectivity index (χ0n) is 19.1. The maximum atomic E-state index is 12.8. The highest BCUT2D eigenvalue weighted by atomic mass is 79.9. The second kappa shape index (κ2) is 11.3. The third kappa shape index (κ3) is 6.08. The predicted octanol–water partition coefficient (Wildman–Crippen LogP) is 6.37. The molecule has 0 aliphatic carbocycles. The molecule has 0 spiro atoms. The predicted molar refractivity (Wildman–Crippen MR) is 143 cm³/mol. The number of thioether (sulfide) groups is 1. The Kier molecular flexibility index (Phi) is 7.97. The first-order valence-corrected chi connectivity index (χ1v) is 12.5. The van der Waals surface area contributed by atoms with Crippen LogP contribution in [0.2, 0.25) is 0 Å². The summed E-state index contributed by atoms with van der Waals surface area (Å²) >= 11 is 4.24. The number of hydrogen-bond donors (Lipinski definition) is 0. The number of allylic oxidation sites excluding steroid dienone is 1. The van der Waals surface area contributed by atoms with E-state index in [4.69, 9.17) is 0 Å². The molecule has 0 N–H and O–H groups in total. The summed E-state index contributed by atoms with van der Waals surface area (Å²) in [6, 6.07) is 21.0. The molecule has 8 heteroatoms. The number of halogens is 1. The minimum atomic E-state index is -0.451. The van der Waals surface area contributed by atoms with Crippen LogP contribution in [0.5, 0.6) is 0 Å². The summed E-state index contributed by atoms with van der Waals surface area (Å²) in [5.41, 5.74) is 3.31. The lowest BCUT2D eigenvalue weighted by molar-refractivity contribution is -0.123. The highest BCUT2D eigenvalue weighted by Gasteiger charge is 2.35. The minimum absolute atomic E-state index is 0.0970. The summed E-state index contributed by atoms with van der Waals surface area (Å²) < 4.78 is 5.59. The Hall–Kier alpha value is -3.75. The zero-order chi connectivity index (χ0) is 25.7. The third-order valence-electron chi connectivity index (χ3n) is 5.38. The molecule has 3 aromatic carbocycles. The van der Waals surface area contributed by atoms with Gasteiger partial charge in [0.05, 0.1) is 24.1 Å². The van der Waals surface area contributed by atoms with Crippen molar-refractivity contribution in [2.75, 3.05) is 7.11 Å². The van der Waals surface area contributed by atoms with Crippen LogP contribution in [0.4, 0.5) is 4.79 Å². The van der Waals surface area contributed by atoms with Crippen LogP contribution in [0.3, 0.4) is 0 Å². The maximum Gasteiger partial charge on any atom is 0.337 e. The van der Waals surface area contributed by atoms with E-state index in [-0.39, 0.29) is 23.5 Å².